The molecular formula is C18H27N4O2+. The van der Waals surface area contributed by atoms with Gasteiger partial charge in [-0.1, -0.05) is 18.2 Å². The first-order valence-electron chi connectivity index (χ1n) is 8.56. The number of aromatic nitrogens is 2. The van der Waals surface area contributed by atoms with E-state index in [1.54, 1.807) is 13.1 Å². The molecule has 1 atom stereocenters. The summed E-state index contributed by atoms with van der Waals surface area (Å²) in [7, 11) is 1.62. The van der Waals surface area contributed by atoms with Crippen molar-refractivity contribution < 1.29 is 9.69 Å². The highest BCUT2D eigenvalue weighted by Crippen LogP contribution is 2.21. The molecule has 6 nitrogen and oxygen atoms in total. The van der Waals surface area contributed by atoms with Crippen molar-refractivity contribution in [3.63, 3.8) is 0 Å². The molecule has 0 aliphatic carbocycles. The molecule has 0 bridgehead atoms. The fraction of sp³-hybridized carbons (Fsp3) is 0.500. The van der Waals surface area contributed by atoms with Crippen LogP contribution in [0.25, 0.3) is 10.8 Å². The summed E-state index contributed by atoms with van der Waals surface area (Å²) in [6.07, 6.45) is 0. The van der Waals surface area contributed by atoms with E-state index in [9.17, 15) is 9.59 Å². The lowest BCUT2D eigenvalue weighted by Crippen LogP contribution is -3.12. The Morgan fingerprint density at radius 3 is 2.50 bits per heavy atom. The summed E-state index contributed by atoms with van der Waals surface area (Å²) >= 11 is 0. The molecule has 2 N–H and O–H groups in total. The number of quaternary nitrogens is 1. The van der Waals surface area contributed by atoms with Gasteiger partial charge in [0.05, 0.1) is 43.2 Å². The molecule has 1 amide bonds. The van der Waals surface area contributed by atoms with Crippen molar-refractivity contribution in [3.05, 3.63) is 40.3 Å². The van der Waals surface area contributed by atoms with Gasteiger partial charge in [-0.05, 0) is 26.8 Å². The second-order valence-electron chi connectivity index (χ2n) is 6.08. The van der Waals surface area contributed by atoms with Crippen LogP contribution in [0.15, 0.2) is 29.1 Å². The van der Waals surface area contributed by atoms with Crippen LogP contribution >= 0.6 is 0 Å². The first-order valence-corrected chi connectivity index (χ1v) is 8.56. The lowest BCUT2D eigenvalue weighted by Gasteiger charge is -2.17. The fourth-order valence-electron chi connectivity index (χ4n) is 2.89. The molecule has 2 rings (SSSR count). The van der Waals surface area contributed by atoms with Crippen molar-refractivity contribution in [2.45, 2.75) is 26.7 Å². The number of rotatable bonds is 7. The van der Waals surface area contributed by atoms with Crippen molar-refractivity contribution in [1.29, 1.82) is 0 Å². The Kier molecular flexibility index (Phi) is 6.09. The number of benzene rings is 1. The van der Waals surface area contributed by atoms with Crippen molar-refractivity contribution in [1.82, 2.24) is 15.1 Å². The summed E-state index contributed by atoms with van der Waals surface area (Å²) < 4.78 is 1.31. The maximum atomic E-state index is 12.5. The maximum Gasteiger partial charge on any atom is 0.274 e. The maximum absolute atomic E-state index is 12.5. The first-order chi connectivity index (χ1) is 11.5. The number of nitrogens with one attached hydrogen (secondary N) is 2. The molecule has 1 heterocycles. The van der Waals surface area contributed by atoms with E-state index in [-0.39, 0.29) is 11.5 Å². The SMILES string of the molecule is CC[NH+](CC)CCNC(=O)[C@H](C)c1nn(C)c(=O)c2ccccc12. The zero-order valence-electron chi connectivity index (χ0n) is 14.9. The van der Waals surface area contributed by atoms with E-state index in [4.69, 9.17) is 0 Å². The number of likely N-dealkylation sites (N-methyl/N-ethyl adjacent to an activating group) is 1. The molecule has 0 aliphatic rings. The van der Waals surface area contributed by atoms with Gasteiger partial charge in [-0.25, -0.2) is 4.68 Å². The van der Waals surface area contributed by atoms with E-state index < -0.39 is 5.92 Å². The minimum atomic E-state index is -0.409. The van der Waals surface area contributed by atoms with Crippen LogP contribution in [0.2, 0.25) is 0 Å². The fourth-order valence-corrected chi connectivity index (χ4v) is 2.89. The van der Waals surface area contributed by atoms with Gasteiger partial charge in [0.15, 0.2) is 0 Å². The molecule has 1 aromatic heterocycles. The first kappa shape index (κ1) is 18.1. The van der Waals surface area contributed by atoms with Crippen LogP contribution in [0.5, 0.6) is 0 Å². The highest BCUT2D eigenvalue weighted by molar-refractivity contribution is 5.90. The zero-order valence-corrected chi connectivity index (χ0v) is 14.9. The Morgan fingerprint density at radius 1 is 1.25 bits per heavy atom. The van der Waals surface area contributed by atoms with Gasteiger partial charge < -0.3 is 10.2 Å². The van der Waals surface area contributed by atoms with E-state index in [0.29, 0.717) is 17.6 Å². The van der Waals surface area contributed by atoms with Crippen LogP contribution in [0, 0.1) is 0 Å². The van der Waals surface area contributed by atoms with Gasteiger partial charge in [0, 0.05) is 12.4 Å². The smallest absolute Gasteiger partial charge is 0.274 e. The second-order valence-corrected chi connectivity index (χ2v) is 6.08. The van der Waals surface area contributed by atoms with Crippen molar-refractivity contribution in [2.24, 2.45) is 7.05 Å². The molecule has 24 heavy (non-hydrogen) atoms. The Balaban J connectivity index is 2.19. The van der Waals surface area contributed by atoms with Gasteiger partial charge in [-0.15, -0.1) is 0 Å². The number of carbonyl (C=O) groups excluding carboxylic acids is 1. The molecule has 0 aliphatic heterocycles. The molecule has 130 valence electrons. The highest BCUT2D eigenvalue weighted by Gasteiger charge is 2.21. The van der Waals surface area contributed by atoms with Crippen LogP contribution in [-0.4, -0.2) is 41.9 Å². The van der Waals surface area contributed by atoms with Crippen LogP contribution in [0.4, 0.5) is 0 Å². The number of fused-ring (bicyclic) bond motifs is 1. The third-order valence-corrected chi connectivity index (χ3v) is 4.57. The van der Waals surface area contributed by atoms with Gasteiger partial charge in [0.25, 0.3) is 5.56 Å². The summed E-state index contributed by atoms with van der Waals surface area (Å²) in [6, 6.07) is 7.31. The summed E-state index contributed by atoms with van der Waals surface area (Å²) in [6.45, 7) is 9.77. The minimum Gasteiger partial charge on any atom is -0.350 e. The molecule has 6 heteroatoms. The number of amides is 1. The minimum absolute atomic E-state index is 0.0575. The predicted molar refractivity (Wildman–Crippen MR) is 95.3 cm³/mol. The summed E-state index contributed by atoms with van der Waals surface area (Å²) in [5.41, 5.74) is 0.493. The van der Waals surface area contributed by atoms with E-state index in [1.165, 1.54) is 9.58 Å². The Morgan fingerprint density at radius 2 is 1.88 bits per heavy atom. The van der Waals surface area contributed by atoms with Crippen LogP contribution < -0.4 is 15.8 Å². The predicted octanol–water partition coefficient (Wildman–Crippen LogP) is 0.0779. The largest absolute Gasteiger partial charge is 0.350 e. The Hall–Kier alpha value is -2.21. The monoisotopic (exact) mass is 331 g/mol. The Labute approximate surface area is 142 Å². The van der Waals surface area contributed by atoms with E-state index >= 15 is 0 Å². The topological polar surface area (TPSA) is 68.4 Å². The van der Waals surface area contributed by atoms with Gasteiger partial charge in [-0.3, -0.25) is 9.59 Å². The number of carbonyl (C=O) groups is 1. The lowest BCUT2D eigenvalue weighted by atomic mass is 10.0. The lowest BCUT2D eigenvalue weighted by molar-refractivity contribution is -0.895. The van der Waals surface area contributed by atoms with E-state index in [1.807, 2.05) is 25.1 Å². The molecule has 0 unspecified atom stereocenters. The molecular weight excluding hydrogens is 304 g/mol. The molecule has 0 saturated carbocycles. The van der Waals surface area contributed by atoms with Crippen LogP contribution in [0.3, 0.4) is 0 Å². The number of aryl methyl sites for hydroxylation is 1. The van der Waals surface area contributed by atoms with Gasteiger partial charge in [-0.2, -0.15) is 5.10 Å². The number of hydrogen-bond acceptors (Lipinski definition) is 3. The Bertz CT molecular complexity index is 765. The molecule has 0 radical (unpaired) electrons. The van der Waals surface area contributed by atoms with Crippen molar-refractivity contribution in [3.8, 4) is 0 Å². The van der Waals surface area contributed by atoms with Crippen LogP contribution in [0.1, 0.15) is 32.4 Å². The van der Waals surface area contributed by atoms with Crippen molar-refractivity contribution >= 4 is 16.7 Å². The number of nitrogens with zero attached hydrogens (tertiary/aromatic N) is 2. The van der Waals surface area contributed by atoms with E-state index in [2.05, 4.69) is 24.3 Å². The van der Waals surface area contributed by atoms with Gasteiger partial charge in [0.2, 0.25) is 5.91 Å². The standard InChI is InChI=1S/C18H26N4O2/c1-5-22(6-2)12-11-19-17(23)13(3)16-14-9-7-8-10-15(14)18(24)21(4)20-16/h7-10,13H,5-6,11-12H2,1-4H3,(H,19,23)/p+1/t13-/m1/s1. The van der Waals surface area contributed by atoms with E-state index in [0.717, 1.165) is 25.0 Å². The van der Waals surface area contributed by atoms with Crippen molar-refractivity contribution in [2.75, 3.05) is 26.2 Å². The summed E-state index contributed by atoms with van der Waals surface area (Å²) in [5.74, 6) is -0.466. The third-order valence-electron chi connectivity index (χ3n) is 4.57. The van der Waals surface area contributed by atoms with Gasteiger partial charge in [0.1, 0.15) is 0 Å². The highest BCUT2D eigenvalue weighted by atomic mass is 16.2. The normalized spacial score (nSPS) is 12.5. The average Bonchev–Trinajstić information content (AvgIpc) is 2.61. The zero-order chi connectivity index (χ0) is 17.7. The molecule has 1 aromatic carbocycles. The third kappa shape index (κ3) is 3.82. The molecule has 0 saturated heterocycles. The van der Waals surface area contributed by atoms with Gasteiger partial charge >= 0.3 is 0 Å². The number of hydrogen-bond donors (Lipinski definition) is 2. The second kappa shape index (κ2) is 8.06. The molecule has 0 fully saturated rings. The summed E-state index contributed by atoms with van der Waals surface area (Å²) in [4.78, 5) is 26.1. The quantitative estimate of drug-likeness (QED) is 0.755. The average molecular weight is 331 g/mol. The molecule has 0 spiro atoms. The van der Waals surface area contributed by atoms with Crippen LogP contribution in [-0.2, 0) is 11.8 Å². The molecule has 2 aromatic rings. The summed E-state index contributed by atoms with van der Waals surface area (Å²) in [5, 5.41) is 8.67.